The van der Waals surface area contributed by atoms with Gasteiger partial charge in [0.1, 0.15) is 12.4 Å². The van der Waals surface area contributed by atoms with Crippen molar-refractivity contribution >= 4 is 0 Å². The summed E-state index contributed by atoms with van der Waals surface area (Å²) >= 11 is 0. The van der Waals surface area contributed by atoms with Crippen LogP contribution >= 0.6 is 0 Å². The molecular formula is C16H27NO2. The average molecular weight is 265 g/mol. The van der Waals surface area contributed by atoms with E-state index in [1.807, 2.05) is 19.2 Å². The molecule has 0 aliphatic carbocycles. The first-order valence-electron chi connectivity index (χ1n) is 7.09. The van der Waals surface area contributed by atoms with Gasteiger partial charge in [-0.25, -0.2) is 0 Å². The fraction of sp³-hybridized carbons (Fsp3) is 0.625. The van der Waals surface area contributed by atoms with E-state index >= 15 is 0 Å². The fourth-order valence-electron chi connectivity index (χ4n) is 1.97. The van der Waals surface area contributed by atoms with Crippen LogP contribution in [0.25, 0.3) is 0 Å². The molecule has 0 radical (unpaired) electrons. The smallest absolute Gasteiger partial charge is 0.119 e. The summed E-state index contributed by atoms with van der Waals surface area (Å²) < 4.78 is 10.9. The van der Waals surface area contributed by atoms with Gasteiger partial charge in [0.05, 0.1) is 6.61 Å². The van der Waals surface area contributed by atoms with Crippen LogP contribution in [0.2, 0.25) is 0 Å². The largest absolute Gasteiger partial charge is 0.492 e. The van der Waals surface area contributed by atoms with Crippen LogP contribution in [-0.2, 0) is 11.2 Å². The van der Waals surface area contributed by atoms with Crippen LogP contribution in [0.4, 0.5) is 0 Å². The van der Waals surface area contributed by atoms with Crippen molar-refractivity contribution in [1.29, 1.82) is 0 Å². The molecular weight excluding hydrogens is 238 g/mol. The van der Waals surface area contributed by atoms with Crippen molar-refractivity contribution in [3.63, 3.8) is 0 Å². The second-order valence-electron chi connectivity index (χ2n) is 4.98. The van der Waals surface area contributed by atoms with Crippen LogP contribution in [0.1, 0.15) is 25.8 Å². The highest BCUT2D eigenvalue weighted by molar-refractivity contribution is 5.27. The first-order valence-corrected chi connectivity index (χ1v) is 7.09. The van der Waals surface area contributed by atoms with Gasteiger partial charge in [0.25, 0.3) is 0 Å². The number of hydrogen-bond donors (Lipinski definition) is 1. The van der Waals surface area contributed by atoms with Gasteiger partial charge in [-0.15, -0.1) is 0 Å². The van der Waals surface area contributed by atoms with Gasteiger partial charge in [0.2, 0.25) is 0 Å². The van der Waals surface area contributed by atoms with E-state index in [-0.39, 0.29) is 0 Å². The van der Waals surface area contributed by atoms with E-state index in [9.17, 15) is 0 Å². The maximum Gasteiger partial charge on any atom is 0.119 e. The Hall–Kier alpha value is -1.06. The molecule has 0 saturated carbocycles. The lowest BCUT2D eigenvalue weighted by Crippen LogP contribution is -2.37. The molecule has 0 bridgehead atoms. The standard InChI is InChI=1S/C16H27NO2/c1-5-13(2)16(17-3)12-19-15-8-6-14(7-9-15)10-11-18-4/h6-9,13,16-17H,5,10-12H2,1-4H3. The van der Waals surface area contributed by atoms with E-state index in [1.54, 1.807) is 7.11 Å². The normalized spacial score (nSPS) is 14.1. The van der Waals surface area contributed by atoms with E-state index in [2.05, 4.69) is 31.3 Å². The zero-order chi connectivity index (χ0) is 14.1. The average Bonchev–Trinajstić information content (AvgIpc) is 2.46. The van der Waals surface area contributed by atoms with Gasteiger partial charge in [-0.1, -0.05) is 32.4 Å². The lowest BCUT2D eigenvalue weighted by molar-refractivity contribution is 0.202. The second kappa shape index (κ2) is 8.94. The third-order valence-corrected chi connectivity index (χ3v) is 3.65. The Kier molecular flexibility index (Phi) is 7.53. The molecule has 0 spiro atoms. The minimum atomic E-state index is 0.401. The highest BCUT2D eigenvalue weighted by Crippen LogP contribution is 2.15. The van der Waals surface area contributed by atoms with Gasteiger partial charge in [-0.2, -0.15) is 0 Å². The molecule has 0 aromatic heterocycles. The topological polar surface area (TPSA) is 30.5 Å². The molecule has 0 fully saturated rings. The van der Waals surface area contributed by atoms with Gasteiger partial charge in [0, 0.05) is 13.2 Å². The Labute approximate surface area is 117 Å². The van der Waals surface area contributed by atoms with Crippen LogP contribution in [0.3, 0.4) is 0 Å². The van der Waals surface area contributed by atoms with Crippen LogP contribution in [0, 0.1) is 5.92 Å². The molecule has 3 heteroatoms. The first kappa shape index (κ1) is 16.0. The summed E-state index contributed by atoms with van der Waals surface area (Å²) in [6.45, 7) is 5.93. The van der Waals surface area contributed by atoms with E-state index in [4.69, 9.17) is 9.47 Å². The highest BCUT2D eigenvalue weighted by Gasteiger charge is 2.14. The maximum atomic E-state index is 5.85. The van der Waals surface area contributed by atoms with Gasteiger partial charge < -0.3 is 14.8 Å². The molecule has 0 saturated heterocycles. The summed E-state index contributed by atoms with van der Waals surface area (Å²) in [6, 6.07) is 8.68. The minimum Gasteiger partial charge on any atom is -0.492 e. The number of rotatable bonds is 9. The predicted octanol–water partition coefficient (Wildman–Crippen LogP) is 2.89. The first-order chi connectivity index (χ1) is 9.21. The molecule has 1 rings (SSSR count). The van der Waals surface area contributed by atoms with E-state index in [0.717, 1.165) is 25.2 Å². The van der Waals surface area contributed by atoms with Crippen molar-refractivity contribution in [3.05, 3.63) is 29.8 Å². The quantitative estimate of drug-likeness (QED) is 0.744. The molecule has 2 atom stereocenters. The van der Waals surface area contributed by atoms with Crippen LogP contribution in [-0.4, -0.2) is 33.4 Å². The Morgan fingerprint density at radius 2 is 1.89 bits per heavy atom. The van der Waals surface area contributed by atoms with Crippen molar-refractivity contribution < 1.29 is 9.47 Å². The van der Waals surface area contributed by atoms with Gasteiger partial charge in [0.15, 0.2) is 0 Å². The Morgan fingerprint density at radius 1 is 1.21 bits per heavy atom. The number of nitrogens with one attached hydrogen (secondary N) is 1. The van der Waals surface area contributed by atoms with Gasteiger partial charge in [-0.3, -0.25) is 0 Å². The van der Waals surface area contributed by atoms with Crippen LogP contribution < -0.4 is 10.1 Å². The zero-order valence-corrected chi connectivity index (χ0v) is 12.6. The van der Waals surface area contributed by atoms with E-state index in [1.165, 1.54) is 5.56 Å². The molecule has 0 amide bonds. The lowest BCUT2D eigenvalue weighted by atomic mass is 10.0. The Balaban J connectivity index is 2.44. The number of ether oxygens (including phenoxy) is 2. The molecule has 3 nitrogen and oxygen atoms in total. The molecule has 19 heavy (non-hydrogen) atoms. The summed E-state index contributed by atoms with van der Waals surface area (Å²) in [7, 11) is 3.72. The summed E-state index contributed by atoms with van der Waals surface area (Å²) in [5.41, 5.74) is 1.28. The summed E-state index contributed by atoms with van der Waals surface area (Å²) in [4.78, 5) is 0. The van der Waals surface area contributed by atoms with Crippen molar-refractivity contribution in [1.82, 2.24) is 5.32 Å². The van der Waals surface area contributed by atoms with E-state index < -0.39 is 0 Å². The maximum absolute atomic E-state index is 5.85. The molecule has 1 aromatic carbocycles. The second-order valence-corrected chi connectivity index (χ2v) is 4.98. The lowest BCUT2D eigenvalue weighted by Gasteiger charge is -2.22. The SMILES string of the molecule is CCC(C)C(COc1ccc(CCOC)cc1)NC. The van der Waals surface area contributed by atoms with Crippen molar-refractivity contribution in [2.75, 3.05) is 27.4 Å². The van der Waals surface area contributed by atoms with Crippen molar-refractivity contribution in [2.45, 2.75) is 32.7 Å². The number of likely N-dealkylation sites (N-methyl/N-ethyl adjacent to an activating group) is 1. The number of benzene rings is 1. The fourth-order valence-corrected chi connectivity index (χ4v) is 1.97. The molecule has 108 valence electrons. The third-order valence-electron chi connectivity index (χ3n) is 3.65. The van der Waals surface area contributed by atoms with Crippen molar-refractivity contribution in [2.24, 2.45) is 5.92 Å². The monoisotopic (exact) mass is 265 g/mol. The van der Waals surface area contributed by atoms with Gasteiger partial charge in [-0.05, 0) is 37.1 Å². The molecule has 0 aliphatic heterocycles. The molecule has 0 aliphatic rings. The summed E-state index contributed by atoms with van der Waals surface area (Å²) in [6.07, 6.45) is 2.10. The van der Waals surface area contributed by atoms with Gasteiger partial charge >= 0.3 is 0 Å². The minimum absolute atomic E-state index is 0.401. The molecule has 0 heterocycles. The summed E-state index contributed by atoms with van der Waals surface area (Å²) in [5, 5.41) is 3.32. The van der Waals surface area contributed by atoms with Crippen molar-refractivity contribution in [3.8, 4) is 5.75 Å². The van der Waals surface area contributed by atoms with E-state index in [0.29, 0.717) is 18.6 Å². The third kappa shape index (κ3) is 5.62. The molecule has 2 unspecified atom stereocenters. The Morgan fingerprint density at radius 3 is 2.42 bits per heavy atom. The van der Waals surface area contributed by atoms with Crippen LogP contribution in [0.15, 0.2) is 24.3 Å². The Bertz CT molecular complexity index is 337. The molecule has 1 N–H and O–H groups in total. The predicted molar refractivity (Wildman–Crippen MR) is 79.8 cm³/mol. The number of methoxy groups -OCH3 is 1. The molecule has 1 aromatic rings. The highest BCUT2D eigenvalue weighted by atomic mass is 16.5. The zero-order valence-electron chi connectivity index (χ0n) is 12.6. The number of hydrogen-bond acceptors (Lipinski definition) is 3. The van der Waals surface area contributed by atoms with Crippen LogP contribution in [0.5, 0.6) is 5.75 Å². The summed E-state index contributed by atoms with van der Waals surface area (Å²) in [5.74, 6) is 1.55.